The summed E-state index contributed by atoms with van der Waals surface area (Å²) < 4.78 is 0. The molecule has 0 aliphatic rings. The zero-order valence-corrected chi connectivity index (χ0v) is 17.9. The van der Waals surface area contributed by atoms with E-state index in [-0.39, 0.29) is 6.54 Å². The number of carboxylic acid groups (broad SMARTS) is 1. The van der Waals surface area contributed by atoms with Crippen molar-refractivity contribution in [1.29, 1.82) is 0 Å². The minimum atomic E-state index is -2.22. The highest BCUT2D eigenvalue weighted by molar-refractivity contribution is 5.84. The number of benzene rings is 1. The average molecular weight is 470 g/mol. The molecule has 6 unspecified atom stereocenters. The van der Waals surface area contributed by atoms with Gasteiger partial charge in [-0.1, -0.05) is 30.3 Å². The molecule has 0 spiro atoms. The van der Waals surface area contributed by atoms with E-state index in [0.29, 0.717) is 5.56 Å². The molecule has 0 fully saturated rings. The van der Waals surface area contributed by atoms with Gasteiger partial charge in [-0.25, -0.2) is 0 Å². The van der Waals surface area contributed by atoms with Gasteiger partial charge in [0.05, 0.1) is 25.1 Å². The first-order valence-corrected chi connectivity index (χ1v) is 10.0. The Kier molecular flexibility index (Phi) is 11.4. The van der Waals surface area contributed by atoms with E-state index < -0.39 is 73.2 Å². The van der Waals surface area contributed by atoms with E-state index in [2.05, 4.69) is 16.0 Å². The summed E-state index contributed by atoms with van der Waals surface area (Å²) in [5, 5.41) is 56.0. The average Bonchev–Trinajstić information content (AvgIpc) is 2.78. The molecule has 0 bridgehead atoms. The molecule has 0 aliphatic carbocycles. The Labute approximate surface area is 189 Å². The molecule has 0 radical (unpaired) electrons. The molecule has 1 rings (SSSR count). The highest BCUT2D eigenvalue weighted by Gasteiger charge is 2.37. The first-order valence-electron chi connectivity index (χ1n) is 10.0. The van der Waals surface area contributed by atoms with Crippen LogP contribution < -0.4 is 21.7 Å². The zero-order chi connectivity index (χ0) is 25.1. The third-order valence-corrected chi connectivity index (χ3v) is 4.68. The van der Waals surface area contributed by atoms with E-state index in [0.717, 1.165) is 0 Å². The van der Waals surface area contributed by atoms with E-state index in [1.54, 1.807) is 30.3 Å². The van der Waals surface area contributed by atoms with Gasteiger partial charge in [-0.3, -0.25) is 19.2 Å². The summed E-state index contributed by atoms with van der Waals surface area (Å²) in [5.41, 5.74) is 6.02. The van der Waals surface area contributed by atoms with Crippen molar-refractivity contribution >= 4 is 23.7 Å². The van der Waals surface area contributed by atoms with Crippen LogP contribution in [0.5, 0.6) is 0 Å². The van der Waals surface area contributed by atoms with Crippen LogP contribution in [0.15, 0.2) is 30.3 Å². The SMILES string of the molecule is CC(=O)NCC(N)C(=O)NC(CO)C(O)C(O)C(O)C(=O)NC(CC(=O)O)c1ccccc1. The maximum Gasteiger partial charge on any atom is 0.305 e. The fourth-order valence-electron chi connectivity index (χ4n) is 2.82. The van der Waals surface area contributed by atoms with Crippen molar-refractivity contribution < 1.29 is 44.7 Å². The van der Waals surface area contributed by atoms with Crippen molar-refractivity contribution in [3.8, 4) is 0 Å². The van der Waals surface area contributed by atoms with Crippen molar-refractivity contribution in [2.45, 2.75) is 49.8 Å². The van der Waals surface area contributed by atoms with Crippen LogP contribution in [0.3, 0.4) is 0 Å². The molecule has 1 aromatic rings. The van der Waals surface area contributed by atoms with Gasteiger partial charge in [0.1, 0.15) is 18.2 Å². The molecule has 1 aromatic carbocycles. The van der Waals surface area contributed by atoms with Crippen LogP contribution in [0.25, 0.3) is 0 Å². The molecule has 13 nitrogen and oxygen atoms in total. The fourth-order valence-corrected chi connectivity index (χ4v) is 2.82. The van der Waals surface area contributed by atoms with E-state index in [1.165, 1.54) is 6.92 Å². The first kappa shape index (κ1) is 27.9. The molecule has 184 valence electrons. The summed E-state index contributed by atoms with van der Waals surface area (Å²) in [7, 11) is 0. The Morgan fingerprint density at radius 1 is 0.970 bits per heavy atom. The summed E-state index contributed by atoms with van der Waals surface area (Å²) >= 11 is 0. The number of nitrogens with two attached hydrogens (primary N) is 1. The van der Waals surface area contributed by atoms with E-state index in [4.69, 9.17) is 10.8 Å². The monoisotopic (exact) mass is 470 g/mol. The van der Waals surface area contributed by atoms with Gasteiger partial charge < -0.3 is 47.2 Å². The van der Waals surface area contributed by atoms with Crippen LogP contribution >= 0.6 is 0 Å². The topological polar surface area (TPSA) is 232 Å². The second-order valence-corrected chi connectivity index (χ2v) is 7.34. The highest BCUT2D eigenvalue weighted by atomic mass is 16.4. The number of nitrogens with one attached hydrogen (secondary N) is 3. The normalized spacial score (nSPS) is 16.4. The molecule has 0 saturated heterocycles. The quantitative estimate of drug-likeness (QED) is 0.137. The number of aliphatic hydroxyl groups is 4. The number of aliphatic hydroxyl groups excluding tert-OH is 4. The molecular weight excluding hydrogens is 440 g/mol. The van der Waals surface area contributed by atoms with Crippen LogP contribution in [0.1, 0.15) is 24.9 Å². The largest absolute Gasteiger partial charge is 0.481 e. The Morgan fingerprint density at radius 3 is 2.09 bits per heavy atom. The predicted octanol–water partition coefficient (Wildman–Crippen LogP) is -3.66. The van der Waals surface area contributed by atoms with Gasteiger partial charge in [-0.15, -0.1) is 0 Å². The second-order valence-electron chi connectivity index (χ2n) is 7.34. The Morgan fingerprint density at radius 2 is 1.58 bits per heavy atom. The molecule has 0 saturated carbocycles. The summed E-state index contributed by atoms with van der Waals surface area (Å²) in [4.78, 5) is 46.5. The van der Waals surface area contributed by atoms with Crippen molar-refractivity contribution in [1.82, 2.24) is 16.0 Å². The number of aliphatic carboxylic acids is 1. The van der Waals surface area contributed by atoms with Crippen molar-refractivity contribution in [3.63, 3.8) is 0 Å². The zero-order valence-electron chi connectivity index (χ0n) is 17.9. The molecule has 0 aromatic heterocycles. The number of amides is 3. The highest BCUT2D eigenvalue weighted by Crippen LogP contribution is 2.17. The Balaban J connectivity index is 2.81. The van der Waals surface area contributed by atoms with Crippen molar-refractivity contribution in [2.75, 3.05) is 13.2 Å². The lowest BCUT2D eigenvalue weighted by Gasteiger charge is -2.30. The summed E-state index contributed by atoms with van der Waals surface area (Å²) in [6.45, 7) is 0.108. The molecule has 3 amide bonds. The van der Waals surface area contributed by atoms with Crippen molar-refractivity contribution in [2.24, 2.45) is 5.73 Å². The molecule has 33 heavy (non-hydrogen) atoms. The van der Waals surface area contributed by atoms with Crippen LogP contribution in [-0.2, 0) is 19.2 Å². The van der Waals surface area contributed by atoms with Gasteiger partial charge in [0, 0.05) is 13.5 Å². The standard InChI is InChI=1S/C20H30N4O9/c1-10(26)22-8-12(21)19(32)24-14(9-25)16(29)17(30)18(31)20(33)23-13(7-15(27)28)11-5-3-2-4-6-11/h2-6,12-14,16-18,25,29-31H,7-9,21H2,1H3,(H,22,26)(H,23,33)(H,24,32)(H,27,28). The van der Waals surface area contributed by atoms with Crippen molar-refractivity contribution in [3.05, 3.63) is 35.9 Å². The number of carboxylic acids is 1. The van der Waals surface area contributed by atoms with Crippen LogP contribution in [0, 0.1) is 0 Å². The maximum absolute atomic E-state index is 12.4. The first-order chi connectivity index (χ1) is 15.5. The molecule has 0 heterocycles. The summed E-state index contributed by atoms with van der Waals surface area (Å²) in [5.74, 6) is -3.71. The Hall–Kier alpha value is -3.10. The summed E-state index contributed by atoms with van der Waals surface area (Å²) in [6.07, 6.45) is -6.89. The van der Waals surface area contributed by atoms with E-state index in [1.807, 2.05) is 0 Å². The van der Waals surface area contributed by atoms with Gasteiger partial charge in [-0.2, -0.15) is 0 Å². The molecule has 0 aliphatic heterocycles. The smallest absolute Gasteiger partial charge is 0.305 e. The number of carbonyl (C=O) groups excluding carboxylic acids is 3. The Bertz CT molecular complexity index is 808. The van der Waals surface area contributed by atoms with Gasteiger partial charge in [0.2, 0.25) is 11.8 Å². The number of hydrogen-bond acceptors (Lipinski definition) is 9. The molecule has 13 heteroatoms. The summed E-state index contributed by atoms with van der Waals surface area (Å²) in [6, 6.07) is 4.28. The second kappa shape index (κ2) is 13.4. The molecule has 10 N–H and O–H groups in total. The lowest BCUT2D eigenvalue weighted by molar-refractivity contribution is -0.145. The maximum atomic E-state index is 12.4. The van der Waals surface area contributed by atoms with E-state index in [9.17, 15) is 39.6 Å². The predicted molar refractivity (Wildman–Crippen MR) is 113 cm³/mol. The van der Waals surface area contributed by atoms with Gasteiger partial charge in [-0.05, 0) is 5.56 Å². The van der Waals surface area contributed by atoms with Crippen LogP contribution in [0.4, 0.5) is 0 Å². The number of hydrogen-bond donors (Lipinski definition) is 9. The number of carbonyl (C=O) groups is 4. The third-order valence-electron chi connectivity index (χ3n) is 4.68. The minimum Gasteiger partial charge on any atom is -0.481 e. The minimum absolute atomic E-state index is 0.229. The van der Waals surface area contributed by atoms with Gasteiger partial charge in [0.25, 0.3) is 5.91 Å². The van der Waals surface area contributed by atoms with Gasteiger partial charge >= 0.3 is 5.97 Å². The van der Waals surface area contributed by atoms with E-state index >= 15 is 0 Å². The lowest BCUT2D eigenvalue weighted by atomic mass is 9.99. The number of rotatable bonds is 13. The lowest BCUT2D eigenvalue weighted by Crippen LogP contribution is -2.59. The fraction of sp³-hybridized carbons (Fsp3) is 0.500. The molecule has 6 atom stereocenters. The van der Waals surface area contributed by atoms with Crippen LogP contribution in [-0.4, -0.2) is 92.8 Å². The third kappa shape index (κ3) is 9.11. The van der Waals surface area contributed by atoms with Gasteiger partial charge in [0.15, 0.2) is 6.10 Å². The van der Waals surface area contributed by atoms with Crippen LogP contribution in [0.2, 0.25) is 0 Å². The molecular formula is C20H30N4O9.